The Morgan fingerprint density at radius 3 is 0.976 bits per heavy atom. The van der Waals surface area contributed by atoms with Gasteiger partial charge in [0.15, 0.2) is 0 Å². The summed E-state index contributed by atoms with van der Waals surface area (Å²) in [5, 5.41) is 3.28. The Hall–Kier alpha value is -1.10. The van der Waals surface area contributed by atoms with E-state index in [0.29, 0.717) is 26.3 Å². The van der Waals surface area contributed by atoms with E-state index in [4.69, 9.17) is 9.47 Å². The van der Waals surface area contributed by atoms with E-state index < -0.39 is 0 Å². The summed E-state index contributed by atoms with van der Waals surface area (Å²) in [4.78, 5) is 25.6. The third-order valence-corrected chi connectivity index (χ3v) is 8.34. The summed E-state index contributed by atoms with van der Waals surface area (Å²) in [6.45, 7) is 10.9. The highest BCUT2D eigenvalue weighted by molar-refractivity contribution is 5.72. The summed E-state index contributed by atoms with van der Waals surface area (Å²) in [5.74, 6) is 0.0371. The van der Waals surface area contributed by atoms with E-state index in [2.05, 4.69) is 33.0 Å². The number of rotatable bonds is 32. The first-order chi connectivity index (χ1) is 20.1. The van der Waals surface area contributed by atoms with Gasteiger partial charge in [0.05, 0.1) is 11.8 Å². The SMILES string of the molecule is CCCCCCCC(CCCCCCC)C(=O)OCCNCCOC(=O)C(CCCCCCC)CCCCCCC. The molecule has 0 aliphatic heterocycles. The molecule has 0 bridgehead atoms. The standard InChI is InChI=1S/C36H71NO4/c1-5-9-13-17-21-25-33(26-22-18-14-10-6-2)35(38)40-31-29-37-30-32-41-36(39)34(27-23-19-15-11-7-3)28-24-20-16-12-8-4/h33-34,37H,5-32H2,1-4H3. The van der Waals surface area contributed by atoms with Crippen LogP contribution in [-0.4, -0.2) is 38.2 Å². The molecule has 0 unspecified atom stereocenters. The summed E-state index contributed by atoms with van der Waals surface area (Å²) < 4.78 is 11.3. The number of ether oxygens (including phenoxy) is 2. The molecule has 0 saturated heterocycles. The van der Waals surface area contributed by atoms with E-state index >= 15 is 0 Å². The fourth-order valence-electron chi connectivity index (χ4n) is 5.55. The van der Waals surface area contributed by atoms with Crippen molar-refractivity contribution < 1.29 is 19.1 Å². The zero-order chi connectivity index (χ0) is 30.2. The number of esters is 2. The van der Waals surface area contributed by atoms with Crippen molar-refractivity contribution in [1.29, 1.82) is 0 Å². The molecule has 0 aromatic heterocycles. The maximum Gasteiger partial charge on any atom is 0.308 e. The van der Waals surface area contributed by atoms with Crippen LogP contribution in [0.2, 0.25) is 0 Å². The Bertz CT molecular complexity index is 492. The van der Waals surface area contributed by atoms with E-state index in [1.165, 1.54) is 103 Å². The van der Waals surface area contributed by atoms with Crippen molar-refractivity contribution in [1.82, 2.24) is 5.32 Å². The molecular formula is C36H71NO4. The van der Waals surface area contributed by atoms with Crippen molar-refractivity contribution >= 4 is 11.9 Å². The fourth-order valence-corrected chi connectivity index (χ4v) is 5.55. The number of nitrogens with one attached hydrogen (secondary N) is 1. The molecule has 0 aliphatic carbocycles. The van der Waals surface area contributed by atoms with Gasteiger partial charge in [0.2, 0.25) is 0 Å². The topological polar surface area (TPSA) is 64.6 Å². The minimum absolute atomic E-state index is 0.0232. The lowest BCUT2D eigenvalue weighted by atomic mass is 9.94. The summed E-state index contributed by atoms with van der Waals surface area (Å²) >= 11 is 0. The summed E-state index contributed by atoms with van der Waals surface area (Å²) in [5.41, 5.74) is 0. The highest BCUT2D eigenvalue weighted by Crippen LogP contribution is 2.21. The van der Waals surface area contributed by atoms with Crippen LogP contribution in [0.4, 0.5) is 0 Å². The fraction of sp³-hybridized carbons (Fsp3) is 0.944. The average Bonchev–Trinajstić information content (AvgIpc) is 2.97. The molecular weight excluding hydrogens is 510 g/mol. The minimum Gasteiger partial charge on any atom is -0.464 e. The number of carbonyl (C=O) groups excluding carboxylic acids is 2. The van der Waals surface area contributed by atoms with Gasteiger partial charge >= 0.3 is 11.9 Å². The van der Waals surface area contributed by atoms with Crippen LogP contribution in [-0.2, 0) is 19.1 Å². The molecule has 0 atom stereocenters. The second kappa shape index (κ2) is 31.8. The Morgan fingerprint density at radius 2 is 0.707 bits per heavy atom. The summed E-state index contributed by atoms with van der Waals surface area (Å²) in [7, 11) is 0. The number of hydrogen-bond donors (Lipinski definition) is 1. The van der Waals surface area contributed by atoms with Crippen LogP contribution in [0, 0.1) is 11.8 Å². The van der Waals surface area contributed by atoms with Gasteiger partial charge in [0, 0.05) is 13.1 Å². The predicted octanol–water partition coefficient (Wildman–Crippen LogP) is 10.3. The lowest BCUT2D eigenvalue weighted by Crippen LogP contribution is -2.28. The van der Waals surface area contributed by atoms with Gasteiger partial charge < -0.3 is 14.8 Å². The highest BCUT2D eigenvalue weighted by atomic mass is 16.5. The van der Waals surface area contributed by atoms with Crippen LogP contribution in [0.5, 0.6) is 0 Å². The maximum atomic E-state index is 12.8. The zero-order valence-corrected chi connectivity index (χ0v) is 28.1. The predicted molar refractivity (Wildman–Crippen MR) is 175 cm³/mol. The van der Waals surface area contributed by atoms with Gasteiger partial charge in [-0.3, -0.25) is 9.59 Å². The van der Waals surface area contributed by atoms with Crippen molar-refractivity contribution in [3.63, 3.8) is 0 Å². The van der Waals surface area contributed by atoms with Gasteiger partial charge in [-0.05, 0) is 25.7 Å². The molecule has 1 N–H and O–H groups in total. The van der Waals surface area contributed by atoms with Crippen LogP contribution >= 0.6 is 0 Å². The van der Waals surface area contributed by atoms with E-state index in [-0.39, 0.29) is 23.8 Å². The Labute approximate surface area is 256 Å². The first-order valence-electron chi connectivity index (χ1n) is 18.1. The second-order valence-corrected chi connectivity index (χ2v) is 12.3. The van der Waals surface area contributed by atoms with Crippen molar-refractivity contribution in [3.05, 3.63) is 0 Å². The van der Waals surface area contributed by atoms with Gasteiger partial charge in [-0.2, -0.15) is 0 Å². The molecule has 0 aromatic rings. The number of hydrogen-bond acceptors (Lipinski definition) is 5. The lowest BCUT2D eigenvalue weighted by molar-refractivity contribution is -0.149. The maximum absolute atomic E-state index is 12.8. The van der Waals surface area contributed by atoms with Crippen molar-refractivity contribution in [2.24, 2.45) is 11.8 Å². The number of unbranched alkanes of at least 4 members (excludes halogenated alkanes) is 16. The van der Waals surface area contributed by atoms with Gasteiger partial charge in [-0.25, -0.2) is 0 Å². The molecule has 0 rings (SSSR count). The van der Waals surface area contributed by atoms with Crippen molar-refractivity contribution in [2.75, 3.05) is 26.3 Å². The van der Waals surface area contributed by atoms with Gasteiger partial charge in [0.25, 0.3) is 0 Å². The third kappa shape index (κ3) is 26.3. The zero-order valence-electron chi connectivity index (χ0n) is 28.1. The molecule has 0 aromatic carbocycles. The van der Waals surface area contributed by atoms with E-state index in [1.54, 1.807) is 0 Å². The number of carbonyl (C=O) groups is 2. The molecule has 0 radical (unpaired) electrons. The average molecular weight is 582 g/mol. The largest absolute Gasteiger partial charge is 0.464 e. The first kappa shape index (κ1) is 39.9. The Morgan fingerprint density at radius 1 is 0.439 bits per heavy atom. The van der Waals surface area contributed by atoms with E-state index in [1.807, 2.05) is 0 Å². The highest BCUT2D eigenvalue weighted by Gasteiger charge is 2.20. The second-order valence-electron chi connectivity index (χ2n) is 12.3. The monoisotopic (exact) mass is 582 g/mol. The summed E-state index contributed by atoms with van der Waals surface area (Å²) in [6, 6.07) is 0. The van der Waals surface area contributed by atoms with Gasteiger partial charge in [0.1, 0.15) is 13.2 Å². The van der Waals surface area contributed by atoms with E-state index in [0.717, 1.165) is 51.4 Å². The van der Waals surface area contributed by atoms with Gasteiger partial charge in [-0.1, -0.05) is 156 Å². The molecule has 5 nitrogen and oxygen atoms in total. The molecule has 0 amide bonds. The van der Waals surface area contributed by atoms with Crippen LogP contribution in [0.15, 0.2) is 0 Å². The lowest BCUT2D eigenvalue weighted by Gasteiger charge is -2.17. The van der Waals surface area contributed by atoms with Crippen LogP contribution < -0.4 is 5.32 Å². The molecule has 0 aliphatic rings. The molecule has 5 heteroatoms. The Kier molecular flexibility index (Phi) is 31.0. The molecule has 244 valence electrons. The van der Waals surface area contributed by atoms with Crippen molar-refractivity contribution in [2.45, 2.75) is 182 Å². The Balaban J connectivity index is 4.29. The molecule has 0 spiro atoms. The molecule has 0 heterocycles. The van der Waals surface area contributed by atoms with Crippen LogP contribution in [0.25, 0.3) is 0 Å². The quantitative estimate of drug-likeness (QED) is 0.0632. The summed E-state index contributed by atoms with van der Waals surface area (Å²) in [6.07, 6.45) is 28.3. The minimum atomic E-state index is -0.0232. The molecule has 0 saturated carbocycles. The van der Waals surface area contributed by atoms with Crippen molar-refractivity contribution in [3.8, 4) is 0 Å². The van der Waals surface area contributed by atoms with Crippen LogP contribution in [0.1, 0.15) is 182 Å². The van der Waals surface area contributed by atoms with E-state index in [9.17, 15) is 9.59 Å². The first-order valence-corrected chi connectivity index (χ1v) is 18.1. The van der Waals surface area contributed by atoms with Crippen LogP contribution in [0.3, 0.4) is 0 Å². The third-order valence-electron chi connectivity index (χ3n) is 8.34. The normalized spacial score (nSPS) is 11.5. The molecule has 0 fully saturated rings. The molecule has 41 heavy (non-hydrogen) atoms. The van der Waals surface area contributed by atoms with Gasteiger partial charge in [-0.15, -0.1) is 0 Å². The smallest absolute Gasteiger partial charge is 0.308 e.